The molecule has 0 radical (unpaired) electrons. The van der Waals surface area contributed by atoms with Crippen LogP contribution < -0.4 is 0 Å². The van der Waals surface area contributed by atoms with Crippen molar-refractivity contribution in [3.63, 3.8) is 0 Å². The van der Waals surface area contributed by atoms with Crippen LogP contribution in [0.3, 0.4) is 0 Å². The van der Waals surface area contributed by atoms with E-state index >= 15 is 0 Å². The Balaban J connectivity index is 1.65. The first kappa shape index (κ1) is 13.7. The Hall–Kier alpha value is -2.28. The molecule has 0 atom stereocenters. The van der Waals surface area contributed by atoms with Gasteiger partial charge in [-0.1, -0.05) is 6.07 Å². The summed E-state index contributed by atoms with van der Waals surface area (Å²) in [7, 11) is 0. The number of unbranched alkanes of at least 4 members (excludes halogenated alkanes) is 1. The molecular formula is C14H16N6S. The zero-order valence-electron chi connectivity index (χ0n) is 11.5. The van der Waals surface area contributed by atoms with Crippen molar-refractivity contribution in [3.05, 3.63) is 47.9 Å². The minimum absolute atomic E-state index is 0.637. The molecule has 21 heavy (non-hydrogen) atoms. The van der Waals surface area contributed by atoms with Gasteiger partial charge in [-0.05, 0) is 37.2 Å². The summed E-state index contributed by atoms with van der Waals surface area (Å²) in [5.74, 6) is 0.795. The smallest absolute Gasteiger partial charge is 0.195 e. The lowest BCUT2D eigenvalue weighted by Crippen LogP contribution is -2.03. The van der Waals surface area contributed by atoms with Gasteiger partial charge in [0.05, 0.1) is 6.33 Å². The number of aryl methyl sites for hydroxylation is 1. The van der Waals surface area contributed by atoms with Crippen molar-refractivity contribution in [3.8, 4) is 11.5 Å². The summed E-state index contributed by atoms with van der Waals surface area (Å²) in [4.78, 5) is 8.37. The van der Waals surface area contributed by atoms with E-state index in [0.717, 1.165) is 37.4 Å². The van der Waals surface area contributed by atoms with Gasteiger partial charge < -0.3 is 4.57 Å². The monoisotopic (exact) mass is 300 g/mol. The highest BCUT2D eigenvalue weighted by Gasteiger charge is 2.09. The van der Waals surface area contributed by atoms with Gasteiger partial charge in [0, 0.05) is 31.7 Å². The molecule has 0 saturated carbocycles. The Labute approximate surface area is 127 Å². The number of imidazole rings is 1. The van der Waals surface area contributed by atoms with Crippen LogP contribution in [-0.2, 0) is 13.1 Å². The largest absolute Gasteiger partial charge is 0.337 e. The highest BCUT2D eigenvalue weighted by atomic mass is 32.1. The third kappa shape index (κ3) is 3.25. The van der Waals surface area contributed by atoms with Gasteiger partial charge in [0.15, 0.2) is 10.6 Å². The quantitative estimate of drug-likeness (QED) is 0.561. The lowest BCUT2D eigenvalue weighted by atomic mass is 10.3. The van der Waals surface area contributed by atoms with Gasteiger partial charge in [0.1, 0.15) is 5.69 Å². The molecule has 0 aliphatic heterocycles. The van der Waals surface area contributed by atoms with Crippen LogP contribution in [0.4, 0.5) is 0 Å². The fourth-order valence-corrected chi connectivity index (χ4v) is 2.42. The van der Waals surface area contributed by atoms with Crippen molar-refractivity contribution in [2.24, 2.45) is 0 Å². The van der Waals surface area contributed by atoms with E-state index in [2.05, 4.69) is 24.7 Å². The number of hydrogen-bond donors (Lipinski definition) is 1. The number of pyridine rings is 1. The average molecular weight is 300 g/mol. The van der Waals surface area contributed by atoms with E-state index in [1.807, 2.05) is 35.3 Å². The zero-order valence-corrected chi connectivity index (χ0v) is 12.3. The van der Waals surface area contributed by atoms with Crippen LogP contribution in [0.2, 0.25) is 0 Å². The highest BCUT2D eigenvalue weighted by Crippen LogP contribution is 2.14. The predicted molar refractivity (Wildman–Crippen MR) is 82.1 cm³/mol. The first-order valence-electron chi connectivity index (χ1n) is 6.87. The molecule has 3 rings (SSSR count). The normalized spacial score (nSPS) is 10.9. The molecule has 1 N–H and O–H groups in total. The molecule has 3 aromatic rings. The first-order chi connectivity index (χ1) is 10.3. The van der Waals surface area contributed by atoms with Gasteiger partial charge in [0.2, 0.25) is 0 Å². The van der Waals surface area contributed by atoms with Gasteiger partial charge in [-0.3, -0.25) is 14.6 Å². The standard InChI is InChI=1S/C14H16N6S/c21-14-18-17-13(12-5-1-2-6-16-12)20(14)9-4-3-8-19-10-7-15-11-19/h1-2,5-7,10-11H,3-4,8-9H2,(H,18,21). The van der Waals surface area contributed by atoms with Crippen LogP contribution in [-0.4, -0.2) is 29.3 Å². The summed E-state index contributed by atoms with van der Waals surface area (Å²) >= 11 is 5.30. The van der Waals surface area contributed by atoms with Crippen LogP contribution in [0, 0.1) is 4.77 Å². The summed E-state index contributed by atoms with van der Waals surface area (Å²) in [6, 6.07) is 5.77. The van der Waals surface area contributed by atoms with Crippen LogP contribution >= 0.6 is 12.2 Å². The third-order valence-corrected chi connectivity index (χ3v) is 3.57. The van der Waals surface area contributed by atoms with E-state index in [4.69, 9.17) is 12.2 Å². The number of nitrogens with zero attached hydrogens (tertiary/aromatic N) is 5. The Bertz CT molecular complexity index is 728. The third-order valence-electron chi connectivity index (χ3n) is 3.26. The Morgan fingerprint density at radius 1 is 1.14 bits per heavy atom. The minimum Gasteiger partial charge on any atom is -0.337 e. The van der Waals surface area contributed by atoms with Gasteiger partial charge >= 0.3 is 0 Å². The lowest BCUT2D eigenvalue weighted by molar-refractivity contribution is 0.551. The minimum atomic E-state index is 0.637. The fraction of sp³-hybridized carbons (Fsp3) is 0.286. The second-order valence-electron chi connectivity index (χ2n) is 4.73. The molecule has 0 aliphatic rings. The summed E-state index contributed by atoms with van der Waals surface area (Å²) < 4.78 is 4.72. The van der Waals surface area contributed by atoms with Crippen LogP contribution in [0.5, 0.6) is 0 Å². The molecular weight excluding hydrogens is 284 g/mol. The number of H-pyrrole nitrogens is 1. The molecule has 0 saturated heterocycles. The molecule has 0 bridgehead atoms. The zero-order chi connectivity index (χ0) is 14.5. The molecule has 108 valence electrons. The predicted octanol–water partition coefficient (Wildman–Crippen LogP) is 2.68. The summed E-state index contributed by atoms with van der Waals surface area (Å²) in [6.07, 6.45) is 9.45. The van der Waals surface area contributed by atoms with Gasteiger partial charge in [-0.2, -0.15) is 5.10 Å². The topological polar surface area (TPSA) is 64.3 Å². The molecule has 0 fully saturated rings. The molecule has 0 spiro atoms. The van der Waals surface area contributed by atoms with E-state index in [-0.39, 0.29) is 0 Å². The molecule has 0 aromatic carbocycles. The van der Waals surface area contributed by atoms with Crippen molar-refractivity contribution >= 4 is 12.2 Å². The van der Waals surface area contributed by atoms with E-state index in [1.165, 1.54) is 0 Å². The number of aromatic amines is 1. The second-order valence-corrected chi connectivity index (χ2v) is 5.11. The van der Waals surface area contributed by atoms with Crippen molar-refractivity contribution in [2.45, 2.75) is 25.9 Å². The van der Waals surface area contributed by atoms with Gasteiger partial charge in [-0.15, -0.1) is 0 Å². The van der Waals surface area contributed by atoms with Crippen LogP contribution in [0.15, 0.2) is 43.1 Å². The lowest BCUT2D eigenvalue weighted by Gasteiger charge is -2.06. The van der Waals surface area contributed by atoms with Crippen LogP contribution in [0.1, 0.15) is 12.8 Å². The number of hydrogen-bond acceptors (Lipinski definition) is 4. The maximum Gasteiger partial charge on any atom is 0.195 e. The van der Waals surface area contributed by atoms with E-state index in [0.29, 0.717) is 4.77 Å². The maximum atomic E-state index is 5.30. The Morgan fingerprint density at radius 2 is 2.05 bits per heavy atom. The molecule has 0 unspecified atom stereocenters. The summed E-state index contributed by atoms with van der Waals surface area (Å²) in [6.45, 7) is 1.79. The van der Waals surface area contributed by atoms with Crippen molar-refractivity contribution in [1.29, 1.82) is 0 Å². The first-order valence-corrected chi connectivity index (χ1v) is 7.28. The molecule has 0 amide bonds. The van der Waals surface area contributed by atoms with E-state index in [9.17, 15) is 0 Å². The van der Waals surface area contributed by atoms with Gasteiger partial charge in [0.25, 0.3) is 0 Å². The van der Waals surface area contributed by atoms with Crippen molar-refractivity contribution in [2.75, 3.05) is 0 Å². The SMILES string of the molecule is S=c1[nH]nc(-c2ccccn2)n1CCCCn1ccnc1. The van der Waals surface area contributed by atoms with Crippen LogP contribution in [0.25, 0.3) is 11.5 Å². The fourth-order valence-electron chi connectivity index (χ4n) is 2.20. The number of nitrogens with one attached hydrogen (secondary N) is 1. The Morgan fingerprint density at radius 3 is 2.81 bits per heavy atom. The number of aromatic nitrogens is 6. The highest BCUT2D eigenvalue weighted by molar-refractivity contribution is 7.71. The molecule has 6 nitrogen and oxygen atoms in total. The van der Waals surface area contributed by atoms with E-state index in [1.54, 1.807) is 12.4 Å². The number of rotatable bonds is 6. The van der Waals surface area contributed by atoms with Crippen molar-refractivity contribution < 1.29 is 0 Å². The maximum absolute atomic E-state index is 5.30. The summed E-state index contributed by atoms with van der Waals surface area (Å²) in [5.41, 5.74) is 0.833. The molecule has 0 aliphatic carbocycles. The Kier molecular flexibility index (Phi) is 4.20. The van der Waals surface area contributed by atoms with Crippen molar-refractivity contribution in [1.82, 2.24) is 29.3 Å². The second kappa shape index (κ2) is 6.45. The van der Waals surface area contributed by atoms with E-state index < -0.39 is 0 Å². The van der Waals surface area contributed by atoms with Gasteiger partial charge in [-0.25, -0.2) is 4.98 Å². The summed E-state index contributed by atoms with van der Waals surface area (Å²) in [5, 5.41) is 7.13. The molecule has 3 aromatic heterocycles. The molecule has 3 heterocycles. The molecule has 7 heteroatoms. The average Bonchev–Trinajstić information content (AvgIpc) is 3.15.